The summed E-state index contributed by atoms with van der Waals surface area (Å²) in [6.45, 7) is 2.89. The van der Waals surface area contributed by atoms with Crippen LogP contribution in [0, 0.1) is 0 Å². The molecular weight excluding hydrogens is 282 g/mol. The molecule has 1 atom stereocenters. The van der Waals surface area contributed by atoms with Crippen LogP contribution in [-0.4, -0.2) is 40.8 Å². The Kier molecular flexibility index (Phi) is 4.24. The molecular formula is C15H21N5S. The maximum atomic E-state index is 4.42. The summed E-state index contributed by atoms with van der Waals surface area (Å²) in [4.78, 5) is 6.75. The molecule has 1 saturated heterocycles. The Morgan fingerprint density at radius 2 is 2.48 bits per heavy atom. The van der Waals surface area contributed by atoms with Crippen molar-refractivity contribution in [2.75, 3.05) is 20.1 Å². The van der Waals surface area contributed by atoms with Crippen LogP contribution in [-0.2, 0) is 13.6 Å². The quantitative estimate of drug-likeness (QED) is 0.697. The Labute approximate surface area is 129 Å². The van der Waals surface area contributed by atoms with E-state index in [9.17, 15) is 0 Å². The topological polar surface area (TPSA) is 45.5 Å². The Bertz CT molecular complexity index is 601. The number of likely N-dealkylation sites (tertiary alicyclic amines) is 1. The molecule has 1 N–H and O–H groups in total. The van der Waals surface area contributed by atoms with Crippen molar-refractivity contribution >= 4 is 17.3 Å². The van der Waals surface area contributed by atoms with Crippen LogP contribution in [0.4, 0.5) is 0 Å². The van der Waals surface area contributed by atoms with Crippen LogP contribution in [0.25, 0.3) is 0 Å². The second-order valence-electron chi connectivity index (χ2n) is 5.41. The molecule has 0 aliphatic carbocycles. The first-order valence-electron chi connectivity index (χ1n) is 7.21. The summed E-state index contributed by atoms with van der Waals surface area (Å²) in [5.74, 6) is 1.55. The fourth-order valence-electron chi connectivity index (χ4n) is 2.78. The van der Waals surface area contributed by atoms with E-state index in [1.165, 1.54) is 11.1 Å². The van der Waals surface area contributed by atoms with Gasteiger partial charge < -0.3 is 10.2 Å². The number of nitrogens with one attached hydrogen (secondary N) is 1. The standard InChI is InChI=1S/C15H21N5S/c1-16-15(17-7-12-4-6-21-11-12)20-5-3-13(10-20)14-8-18-19(2)9-14/h4,6,8-9,11,13H,3,5,7,10H2,1-2H3,(H,16,17). The number of hydrogen-bond donors (Lipinski definition) is 1. The summed E-state index contributed by atoms with van der Waals surface area (Å²) in [6.07, 6.45) is 5.26. The van der Waals surface area contributed by atoms with Crippen LogP contribution < -0.4 is 5.32 Å². The van der Waals surface area contributed by atoms with Crippen LogP contribution in [0.3, 0.4) is 0 Å². The Hall–Kier alpha value is -1.82. The predicted molar refractivity (Wildman–Crippen MR) is 86.7 cm³/mol. The molecule has 112 valence electrons. The van der Waals surface area contributed by atoms with Gasteiger partial charge in [-0.1, -0.05) is 0 Å². The van der Waals surface area contributed by atoms with Gasteiger partial charge in [0.25, 0.3) is 0 Å². The molecule has 1 fully saturated rings. The van der Waals surface area contributed by atoms with Crippen molar-refractivity contribution in [2.24, 2.45) is 12.0 Å². The molecule has 2 aromatic heterocycles. The third-order valence-electron chi connectivity index (χ3n) is 3.93. The van der Waals surface area contributed by atoms with Crippen molar-refractivity contribution in [1.82, 2.24) is 20.0 Å². The summed E-state index contributed by atoms with van der Waals surface area (Å²) < 4.78 is 1.88. The molecule has 5 nitrogen and oxygen atoms in total. The molecule has 0 aromatic carbocycles. The third kappa shape index (κ3) is 3.26. The van der Waals surface area contributed by atoms with Gasteiger partial charge in [-0.05, 0) is 34.4 Å². The zero-order chi connectivity index (χ0) is 14.7. The number of aliphatic imine (C=N–C) groups is 1. The van der Waals surface area contributed by atoms with Crippen LogP contribution in [0.1, 0.15) is 23.5 Å². The molecule has 3 heterocycles. The van der Waals surface area contributed by atoms with Gasteiger partial charge in [-0.2, -0.15) is 16.4 Å². The summed E-state index contributed by atoms with van der Waals surface area (Å²) in [5, 5.41) is 12.0. The van der Waals surface area contributed by atoms with Gasteiger partial charge in [-0.15, -0.1) is 0 Å². The number of thiophene rings is 1. The van der Waals surface area contributed by atoms with E-state index >= 15 is 0 Å². The molecule has 0 bridgehead atoms. The van der Waals surface area contributed by atoms with Crippen molar-refractivity contribution < 1.29 is 0 Å². The minimum Gasteiger partial charge on any atom is -0.352 e. The third-order valence-corrected chi connectivity index (χ3v) is 4.66. The highest BCUT2D eigenvalue weighted by atomic mass is 32.1. The van der Waals surface area contributed by atoms with Crippen molar-refractivity contribution in [3.05, 3.63) is 40.3 Å². The highest BCUT2D eigenvalue weighted by Crippen LogP contribution is 2.26. The molecule has 2 aromatic rings. The van der Waals surface area contributed by atoms with Crippen molar-refractivity contribution in [3.63, 3.8) is 0 Å². The van der Waals surface area contributed by atoms with Crippen molar-refractivity contribution in [3.8, 4) is 0 Å². The largest absolute Gasteiger partial charge is 0.352 e. The maximum Gasteiger partial charge on any atom is 0.193 e. The molecule has 1 aliphatic rings. The minimum atomic E-state index is 0.554. The zero-order valence-electron chi connectivity index (χ0n) is 12.5. The van der Waals surface area contributed by atoms with Crippen LogP contribution in [0.2, 0.25) is 0 Å². The lowest BCUT2D eigenvalue weighted by Crippen LogP contribution is -2.39. The van der Waals surface area contributed by atoms with Gasteiger partial charge in [0.1, 0.15) is 0 Å². The van der Waals surface area contributed by atoms with E-state index in [0.717, 1.165) is 32.0 Å². The lowest BCUT2D eigenvalue weighted by molar-refractivity contribution is 0.486. The van der Waals surface area contributed by atoms with Gasteiger partial charge in [-0.3, -0.25) is 9.67 Å². The molecule has 21 heavy (non-hydrogen) atoms. The first kappa shape index (κ1) is 14.1. The fraction of sp³-hybridized carbons (Fsp3) is 0.467. The maximum absolute atomic E-state index is 4.42. The molecule has 1 unspecified atom stereocenters. The molecule has 0 spiro atoms. The SMILES string of the molecule is CN=C(NCc1ccsc1)N1CCC(c2cnn(C)c2)C1. The number of guanidine groups is 1. The van der Waals surface area contributed by atoms with E-state index < -0.39 is 0 Å². The van der Waals surface area contributed by atoms with Crippen LogP contribution >= 0.6 is 11.3 Å². The normalized spacial score (nSPS) is 19.2. The summed E-state index contributed by atoms with van der Waals surface area (Å²) in [5.41, 5.74) is 2.64. The predicted octanol–water partition coefficient (Wildman–Crippen LogP) is 2.05. The van der Waals surface area contributed by atoms with E-state index in [1.807, 2.05) is 25.0 Å². The molecule has 1 aliphatic heterocycles. The first-order valence-corrected chi connectivity index (χ1v) is 8.16. The molecule has 6 heteroatoms. The van der Waals surface area contributed by atoms with E-state index in [-0.39, 0.29) is 0 Å². The number of rotatable bonds is 3. The van der Waals surface area contributed by atoms with E-state index in [4.69, 9.17) is 0 Å². The summed E-state index contributed by atoms with van der Waals surface area (Å²) in [6, 6.07) is 2.15. The lowest BCUT2D eigenvalue weighted by Gasteiger charge is -2.21. The van der Waals surface area contributed by atoms with Crippen LogP contribution in [0.15, 0.2) is 34.2 Å². The number of hydrogen-bond acceptors (Lipinski definition) is 3. The summed E-state index contributed by atoms with van der Waals surface area (Å²) >= 11 is 1.73. The molecule has 0 amide bonds. The van der Waals surface area contributed by atoms with Crippen molar-refractivity contribution in [2.45, 2.75) is 18.9 Å². The molecule has 0 saturated carbocycles. The number of aromatic nitrogens is 2. The second kappa shape index (κ2) is 6.30. The Morgan fingerprint density at radius 1 is 1.57 bits per heavy atom. The Balaban J connectivity index is 1.58. The number of aryl methyl sites for hydroxylation is 1. The summed E-state index contributed by atoms with van der Waals surface area (Å²) in [7, 11) is 3.82. The smallest absolute Gasteiger partial charge is 0.193 e. The monoisotopic (exact) mass is 303 g/mol. The van der Waals surface area contributed by atoms with Gasteiger partial charge in [0, 0.05) is 45.8 Å². The first-order chi connectivity index (χ1) is 10.3. The highest BCUT2D eigenvalue weighted by Gasteiger charge is 2.26. The fourth-order valence-corrected chi connectivity index (χ4v) is 3.45. The van der Waals surface area contributed by atoms with Gasteiger partial charge in [0.05, 0.1) is 6.20 Å². The molecule has 3 rings (SSSR count). The highest BCUT2D eigenvalue weighted by molar-refractivity contribution is 7.07. The van der Waals surface area contributed by atoms with E-state index in [1.54, 1.807) is 11.3 Å². The minimum absolute atomic E-state index is 0.554. The van der Waals surface area contributed by atoms with E-state index in [2.05, 4.69) is 43.3 Å². The Morgan fingerprint density at radius 3 is 3.14 bits per heavy atom. The average molecular weight is 303 g/mol. The zero-order valence-corrected chi connectivity index (χ0v) is 13.3. The number of nitrogens with zero attached hydrogens (tertiary/aromatic N) is 4. The average Bonchev–Trinajstić information content (AvgIpc) is 3.19. The van der Waals surface area contributed by atoms with E-state index in [0.29, 0.717) is 5.92 Å². The van der Waals surface area contributed by atoms with Gasteiger partial charge >= 0.3 is 0 Å². The van der Waals surface area contributed by atoms with Gasteiger partial charge in [-0.25, -0.2) is 0 Å². The lowest BCUT2D eigenvalue weighted by atomic mass is 10.0. The van der Waals surface area contributed by atoms with Gasteiger partial charge in [0.2, 0.25) is 0 Å². The van der Waals surface area contributed by atoms with Crippen LogP contribution in [0.5, 0.6) is 0 Å². The van der Waals surface area contributed by atoms with Crippen molar-refractivity contribution in [1.29, 1.82) is 0 Å². The van der Waals surface area contributed by atoms with Gasteiger partial charge in [0.15, 0.2) is 5.96 Å². The second-order valence-corrected chi connectivity index (χ2v) is 6.19. The molecule has 0 radical (unpaired) electrons.